The van der Waals surface area contributed by atoms with Gasteiger partial charge in [-0.05, 0) is 107 Å². The summed E-state index contributed by atoms with van der Waals surface area (Å²) >= 11 is 1.61. The molecule has 1 unspecified atom stereocenters. The van der Waals surface area contributed by atoms with E-state index in [1.54, 1.807) is 18.9 Å². The average molecular weight is 842 g/mol. The van der Waals surface area contributed by atoms with Gasteiger partial charge in [0.05, 0.1) is 48.4 Å². The molecule has 1 aromatic carbocycles. The highest BCUT2D eigenvalue weighted by Gasteiger charge is 2.46. The van der Waals surface area contributed by atoms with Gasteiger partial charge in [0.25, 0.3) is 5.91 Å². The number of aromatic nitrogens is 2. The average Bonchev–Trinajstić information content (AvgIpc) is 3.91. The molecule has 2 aromatic heterocycles. The van der Waals surface area contributed by atoms with E-state index in [-0.39, 0.29) is 30.6 Å². The van der Waals surface area contributed by atoms with E-state index in [2.05, 4.69) is 73.1 Å². The number of methoxy groups -OCH3 is 1. The maximum atomic E-state index is 13.8. The summed E-state index contributed by atoms with van der Waals surface area (Å²) in [5.41, 5.74) is 17.3. The molecular formula is C46H63N7O6S. The van der Waals surface area contributed by atoms with Crippen molar-refractivity contribution in [2.45, 2.75) is 140 Å². The monoisotopic (exact) mass is 841 g/mol. The maximum Gasteiger partial charge on any atom is 0.324 e. The number of benzene rings is 1. The Morgan fingerprint density at radius 3 is 2.57 bits per heavy atom. The van der Waals surface area contributed by atoms with Crippen LogP contribution in [0.5, 0.6) is 0 Å². The Kier molecular flexibility index (Phi) is 11.9. The third-order valence-electron chi connectivity index (χ3n) is 13.7. The Balaban J connectivity index is 1.18. The van der Waals surface area contributed by atoms with Gasteiger partial charge in [0.2, 0.25) is 0 Å². The second-order valence-electron chi connectivity index (χ2n) is 18.6. The Bertz CT molecular complexity index is 2120. The number of morpholine rings is 1. The van der Waals surface area contributed by atoms with Crippen molar-refractivity contribution in [3.05, 3.63) is 52.8 Å². The molecule has 4 fully saturated rings. The lowest BCUT2D eigenvalue weighted by Crippen LogP contribution is -2.61. The smallest absolute Gasteiger partial charge is 0.324 e. The molecule has 3 N–H and O–H groups in total. The molecule has 14 heteroatoms. The summed E-state index contributed by atoms with van der Waals surface area (Å²) in [6.45, 7) is 13.9. The largest absolute Gasteiger partial charge is 0.464 e. The molecule has 8 bridgehead atoms. The fraction of sp³-hybridized carbons (Fsp3) is 0.652. The lowest BCUT2D eigenvalue weighted by molar-refractivity contribution is -0.155. The molecule has 0 radical (unpaired) electrons. The van der Waals surface area contributed by atoms with Crippen LogP contribution in [0, 0.1) is 5.41 Å². The first-order valence-electron chi connectivity index (χ1n) is 22.3. The van der Waals surface area contributed by atoms with Crippen LogP contribution in [0.3, 0.4) is 0 Å². The number of cyclic esters (lactones) is 1. The number of carbonyl (C=O) groups excluding carboxylic acids is 2. The number of nitrogens with one attached hydrogen (secondary N) is 1. The number of aryl methyl sites for hydroxylation is 1. The molecule has 5 aliphatic heterocycles. The van der Waals surface area contributed by atoms with Crippen LogP contribution < -0.4 is 11.2 Å². The number of nitrogens with zero attached hydrogens (tertiary/aromatic N) is 5. The molecule has 7 atom stereocenters. The maximum absolute atomic E-state index is 13.8. The van der Waals surface area contributed by atoms with Gasteiger partial charge in [0.1, 0.15) is 18.2 Å². The van der Waals surface area contributed by atoms with Gasteiger partial charge < -0.3 is 29.2 Å². The van der Waals surface area contributed by atoms with Crippen LogP contribution in [-0.4, -0.2) is 119 Å². The number of esters is 1. The van der Waals surface area contributed by atoms with Gasteiger partial charge in [-0.2, -0.15) is 0 Å². The SMILES string of the molecule is CCO[C@@H]1C2=NC(CS2)c2ccc3c(c2)c(c(-c2cc(C4C[C@@H]5COC[C@@H](C4)N5C4CC4)cnc2[C@H](C)OC)n3CC)CC(C)(C)COC(=O)[C@@H]2CCCN(N2)C(=O)[C@H]1N. The fourth-order valence-electron chi connectivity index (χ4n) is 10.5. The Morgan fingerprint density at radius 1 is 1.07 bits per heavy atom. The predicted molar refractivity (Wildman–Crippen MR) is 234 cm³/mol. The molecule has 9 rings (SSSR count). The number of fused-ring (bicyclic) bond motifs is 7. The van der Waals surface area contributed by atoms with Crippen molar-refractivity contribution < 1.29 is 28.5 Å². The molecule has 6 aliphatic rings. The standard InChI is InChI=1S/C46H63N7O6S/c1-7-51-38-14-11-27-18-33(38)35(41(51)34-19-29(21-48-40(34)26(3)56-6)28-16-31-22-57-23-32(17-28)53(31)30-12-13-30)20-46(4,5)25-59-45(55)36-10-9-15-52(50-36)44(54)39(47)42(58-8-2)43-49-37(27)24-60-43/h11,14,18-19,21,26,28,30-32,36-37,39,42,50H,7-10,12-13,15-17,20,22-25,47H2,1-6H3/t26-,31+,32+,36-,37?,39-,42-/m0/s1. The van der Waals surface area contributed by atoms with Crippen LogP contribution in [0.25, 0.3) is 22.2 Å². The second-order valence-corrected chi connectivity index (χ2v) is 19.6. The van der Waals surface area contributed by atoms with E-state index in [1.165, 1.54) is 29.0 Å². The number of thioether (sulfide) groups is 1. The number of carbonyl (C=O) groups is 2. The van der Waals surface area contributed by atoms with Gasteiger partial charge >= 0.3 is 5.97 Å². The number of hydrazine groups is 1. The van der Waals surface area contributed by atoms with Gasteiger partial charge in [-0.3, -0.25) is 29.5 Å². The first kappa shape index (κ1) is 42.0. The third kappa shape index (κ3) is 7.94. The van der Waals surface area contributed by atoms with E-state index in [0.29, 0.717) is 56.2 Å². The van der Waals surface area contributed by atoms with Crippen molar-refractivity contribution in [2.75, 3.05) is 45.8 Å². The van der Waals surface area contributed by atoms with Crippen LogP contribution in [-0.2, 0) is 41.5 Å². The topological polar surface area (TPSA) is 146 Å². The number of aliphatic imine (C=N–C) groups is 1. The normalized spacial score (nSPS) is 30.6. The lowest BCUT2D eigenvalue weighted by atomic mass is 9.80. The van der Waals surface area contributed by atoms with Gasteiger partial charge in [-0.25, -0.2) is 5.43 Å². The molecular weight excluding hydrogens is 779 g/mol. The highest BCUT2D eigenvalue weighted by Crippen LogP contribution is 2.47. The zero-order valence-electron chi connectivity index (χ0n) is 36.2. The van der Waals surface area contributed by atoms with Gasteiger partial charge in [0, 0.05) is 78.8 Å². The number of nitrogens with two attached hydrogens (primary N) is 1. The Labute approximate surface area is 358 Å². The number of hydrogen-bond acceptors (Lipinski definition) is 12. The van der Waals surface area contributed by atoms with Crippen molar-refractivity contribution in [3.63, 3.8) is 0 Å². The van der Waals surface area contributed by atoms with E-state index in [4.69, 9.17) is 34.7 Å². The molecule has 1 amide bonds. The molecule has 13 nitrogen and oxygen atoms in total. The van der Waals surface area contributed by atoms with Crippen molar-refractivity contribution in [2.24, 2.45) is 16.1 Å². The number of ether oxygens (including phenoxy) is 4. The lowest BCUT2D eigenvalue weighted by Gasteiger charge is -2.49. The summed E-state index contributed by atoms with van der Waals surface area (Å²) in [5, 5.41) is 3.36. The van der Waals surface area contributed by atoms with Crippen LogP contribution in [0.15, 0.2) is 35.5 Å². The number of pyridine rings is 1. The second kappa shape index (κ2) is 17.1. The first-order valence-corrected chi connectivity index (χ1v) is 23.3. The van der Waals surface area contributed by atoms with Crippen LogP contribution >= 0.6 is 11.8 Å². The molecule has 3 aromatic rings. The third-order valence-corrected chi connectivity index (χ3v) is 14.8. The van der Waals surface area contributed by atoms with Gasteiger partial charge in [-0.1, -0.05) is 19.9 Å². The molecule has 7 heterocycles. The summed E-state index contributed by atoms with van der Waals surface area (Å²) in [4.78, 5) is 40.9. The van der Waals surface area contributed by atoms with E-state index < -0.39 is 23.6 Å². The molecule has 3 saturated heterocycles. The highest BCUT2D eigenvalue weighted by atomic mass is 32.2. The number of hydrogen-bond donors (Lipinski definition) is 2. The zero-order chi connectivity index (χ0) is 41.9. The van der Waals surface area contributed by atoms with Crippen molar-refractivity contribution in [3.8, 4) is 11.3 Å². The summed E-state index contributed by atoms with van der Waals surface area (Å²) in [6.07, 6.45) is 7.78. The van der Waals surface area contributed by atoms with Crippen LogP contribution in [0.2, 0.25) is 0 Å². The number of rotatable bonds is 8. The van der Waals surface area contributed by atoms with Crippen molar-refractivity contribution in [1.82, 2.24) is 24.9 Å². The van der Waals surface area contributed by atoms with E-state index in [9.17, 15) is 9.59 Å². The minimum Gasteiger partial charge on any atom is -0.464 e. The Morgan fingerprint density at radius 2 is 1.85 bits per heavy atom. The Hall–Kier alpha value is -3.37. The first-order chi connectivity index (χ1) is 29.0. The van der Waals surface area contributed by atoms with E-state index in [1.807, 2.05) is 6.92 Å². The number of amides is 1. The van der Waals surface area contributed by atoms with Crippen LogP contribution in [0.4, 0.5) is 0 Å². The fourth-order valence-corrected chi connectivity index (χ4v) is 11.7. The quantitative estimate of drug-likeness (QED) is 0.255. The van der Waals surface area contributed by atoms with Crippen molar-refractivity contribution >= 4 is 39.6 Å². The summed E-state index contributed by atoms with van der Waals surface area (Å²) in [7, 11) is 1.76. The zero-order valence-corrected chi connectivity index (χ0v) is 37.0. The van der Waals surface area contributed by atoms with E-state index in [0.717, 1.165) is 77.1 Å². The van der Waals surface area contributed by atoms with E-state index >= 15 is 0 Å². The molecule has 324 valence electrons. The summed E-state index contributed by atoms with van der Waals surface area (Å²) in [6, 6.07) is 8.99. The van der Waals surface area contributed by atoms with Gasteiger partial charge in [-0.15, -0.1) is 11.8 Å². The summed E-state index contributed by atoms with van der Waals surface area (Å²) in [5.74, 6) is 0.410. The van der Waals surface area contributed by atoms with Crippen LogP contribution in [0.1, 0.15) is 114 Å². The molecule has 1 saturated carbocycles. The predicted octanol–water partition coefficient (Wildman–Crippen LogP) is 6.08. The summed E-state index contributed by atoms with van der Waals surface area (Å²) < 4.78 is 26.9. The minimum absolute atomic E-state index is 0.134. The molecule has 0 spiro atoms. The molecule has 1 aliphatic carbocycles. The van der Waals surface area contributed by atoms with Crippen molar-refractivity contribution in [1.29, 1.82) is 0 Å². The number of piperidine rings is 1. The highest BCUT2D eigenvalue weighted by molar-refractivity contribution is 8.14. The molecule has 60 heavy (non-hydrogen) atoms. The minimum atomic E-state index is -0.989. The van der Waals surface area contributed by atoms with Gasteiger partial charge in [0.15, 0.2) is 0 Å².